The van der Waals surface area contributed by atoms with Crippen LogP contribution in [0, 0.1) is 0 Å². The summed E-state index contributed by atoms with van der Waals surface area (Å²) in [5.74, 6) is -1.72. The van der Waals surface area contributed by atoms with Gasteiger partial charge >= 0.3 is 0 Å². The van der Waals surface area contributed by atoms with Crippen LogP contribution >= 0.6 is 0 Å². The number of nitrogens with zero attached hydrogens (tertiary/aromatic N) is 1. The quantitative estimate of drug-likeness (QED) is 0.544. The van der Waals surface area contributed by atoms with E-state index in [1.165, 1.54) is 14.0 Å². The van der Waals surface area contributed by atoms with Crippen LogP contribution in [0.1, 0.15) is 6.92 Å². The van der Waals surface area contributed by atoms with Gasteiger partial charge in [0.25, 0.3) is 11.8 Å². The summed E-state index contributed by atoms with van der Waals surface area (Å²) in [6.45, 7) is 1.46. The van der Waals surface area contributed by atoms with Gasteiger partial charge in [0.1, 0.15) is 5.83 Å². The van der Waals surface area contributed by atoms with E-state index in [0.717, 1.165) is 17.1 Å². The van der Waals surface area contributed by atoms with Gasteiger partial charge in [-0.15, -0.1) is 0 Å². The van der Waals surface area contributed by atoms with Crippen molar-refractivity contribution < 1.29 is 14.0 Å². The van der Waals surface area contributed by atoms with Crippen LogP contribution in [0.25, 0.3) is 0 Å². The molecule has 64 valence electrons. The summed E-state index contributed by atoms with van der Waals surface area (Å²) in [7, 11) is 1.32. The van der Waals surface area contributed by atoms with Crippen molar-refractivity contribution in [1.29, 1.82) is 0 Å². The summed E-state index contributed by atoms with van der Waals surface area (Å²) < 4.78 is 12.8. The molecule has 1 aliphatic heterocycles. The molecule has 0 bridgehead atoms. The van der Waals surface area contributed by atoms with Gasteiger partial charge < -0.3 is 0 Å². The topological polar surface area (TPSA) is 37.4 Å². The summed E-state index contributed by atoms with van der Waals surface area (Å²) in [5.41, 5.74) is -0.162. The van der Waals surface area contributed by atoms with Crippen molar-refractivity contribution in [3.8, 4) is 0 Å². The van der Waals surface area contributed by atoms with Crippen LogP contribution in [0.3, 0.4) is 0 Å². The lowest BCUT2D eigenvalue weighted by molar-refractivity contribution is -0.135. The molecule has 3 nitrogen and oxygen atoms in total. The Bertz CT molecular complexity index is 304. The fourth-order valence-electron chi connectivity index (χ4n) is 0.889. The maximum Gasteiger partial charge on any atom is 0.263 e. The first-order valence-corrected chi connectivity index (χ1v) is 3.44. The molecular weight excluding hydrogens is 161 g/mol. The normalized spacial score (nSPS) is 18.8. The molecule has 0 aromatic rings. The first kappa shape index (κ1) is 8.64. The Balaban J connectivity index is 3.03. The van der Waals surface area contributed by atoms with Crippen LogP contribution in [0.5, 0.6) is 0 Å². The summed E-state index contributed by atoms with van der Waals surface area (Å²) in [6.07, 6.45) is 2.15. The zero-order valence-electron chi connectivity index (χ0n) is 6.80. The highest BCUT2D eigenvalue weighted by molar-refractivity contribution is 6.17. The van der Waals surface area contributed by atoms with Crippen molar-refractivity contribution in [2.24, 2.45) is 0 Å². The highest BCUT2D eigenvalue weighted by Gasteiger charge is 2.29. The molecule has 0 saturated heterocycles. The van der Waals surface area contributed by atoms with Crippen molar-refractivity contribution in [3.63, 3.8) is 0 Å². The summed E-state index contributed by atoms with van der Waals surface area (Å²) >= 11 is 0. The molecular formula is C8H8FNO2. The number of halogens is 1. The third-order valence-electron chi connectivity index (χ3n) is 1.64. The zero-order chi connectivity index (χ0) is 9.30. The lowest BCUT2D eigenvalue weighted by Crippen LogP contribution is -2.26. The second kappa shape index (κ2) is 2.89. The minimum atomic E-state index is -0.655. The van der Waals surface area contributed by atoms with Crippen molar-refractivity contribution in [2.45, 2.75) is 6.92 Å². The molecule has 0 unspecified atom stereocenters. The predicted molar refractivity (Wildman–Crippen MR) is 40.7 cm³/mol. The number of allylic oxidation sites excluding steroid dienone is 1. The van der Waals surface area contributed by atoms with Gasteiger partial charge in [0.05, 0.1) is 5.57 Å². The number of carbonyl (C=O) groups excluding carboxylic acids is 2. The van der Waals surface area contributed by atoms with Gasteiger partial charge in [-0.3, -0.25) is 14.5 Å². The first-order valence-electron chi connectivity index (χ1n) is 3.44. The molecule has 12 heavy (non-hydrogen) atoms. The van der Waals surface area contributed by atoms with E-state index in [9.17, 15) is 14.0 Å². The van der Waals surface area contributed by atoms with Gasteiger partial charge in [0.2, 0.25) is 0 Å². The summed E-state index contributed by atoms with van der Waals surface area (Å²) in [6, 6.07) is 0. The fraction of sp³-hybridized carbons (Fsp3) is 0.250. The fourth-order valence-corrected chi connectivity index (χ4v) is 0.889. The van der Waals surface area contributed by atoms with Crippen molar-refractivity contribution >= 4 is 11.8 Å². The molecule has 0 aromatic carbocycles. The molecule has 0 N–H and O–H groups in total. The standard InChI is InChI=1S/C8H8FNO2/c1-3-6(9)5-4-7(11)10(2)8(5)12/h3-4H,1-2H3. The Morgan fingerprint density at radius 2 is 2.17 bits per heavy atom. The van der Waals surface area contributed by atoms with E-state index in [0.29, 0.717) is 0 Å². The molecule has 0 spiro atoms. The van der Waals surface area contributed by atoms with Gasteiger partial charge in [-0.2, -0.15) is 0 Å². The van der Waals surface area contributed by atoms with Gasteiger partial charge in [0, 0.05) is 13.1 Å². The highest BCUT2D eigenvalue weighted by Crippen LogP contribution is 2.19. The lowest BCUT2D eigenvalue weighted by Gasteiger charge is -2.04. The minimum Gasteiger partial charge on any atom is -0.278 e. The van der Waals surface area contributed by atoms with E-state index < -0.39 is 17.6 Å². The van der Waals surface area contributed by atoms with Crippen molar-refractivity contribution in [1.82, 2.24) is 4.90 Å². The average Bonchev–Trinajstić information content (AvgIpc) is 2.32. The average molecular weight is 169 g/mol. The largest absolute Gasteiger partial charge is 0.278 e. The monoisotopic (exact) mass is 169 g/mol. The van der Waals surface area contributed by atoms with Gasteiger partial charge in [-0.25, -0.2) is 4.39 Å². The number of rotatable bonds is 1. The van der Waals surface area contributed by atoms with E-state index in [2.05, 4.69) is 0 Å². The second-order valence-corrected chi connectivity index (χ2v) is 2.40. The molecule has 4 heteroatoms. The van der Waals surface area contributed by atoms with E-state index in [-0.39, 0.29) is 5.57 Å². The van der Waals surface area contributed by atoms with Crippen LogP contribution < -0.4 is 0 Å². The van der Waals surface area contributed by atoms with Crippen LogP contribution in [0.15, 0.2) is 23.6 Å². The Hall–Kier alpha value is -1.45. The third-order valence-corrected chi connectivity index (χ3v) is 1.64. The highest BCUT2D eigenvalue weighted by atomic mass is 19.1. The minimum absolute atomic E-state index is 0.162. The second-order valence-electron chi connectivity index (χ2n) is 2.40. The Labute approximate surface area is 69.2 Å². The van der Waals surface area contributed by atoms with E-state index in [4.69, 9.17) is 0 Å². The molecule has 1 heterocycles. The SMILES string of the molecule is CC=C(F)C1=CC(=O)N(C)C1=O. The van der Waals surface area contributed by atoms with Crippen LogP contribution in [-0.4, -0.2) is 23.8 Å². The number of likely N-dealkylation sites (N-methyl/N-ethyl adjacent to an activating group) is 1. The summed E-state index contributed by atoms with van der Waals surface area (Å²) in [5, 5.41) is 0. The van der Waals surface area contributed by atoms with Gasteiger partial charge in [-0.1, -0.05) is 6.08 Å². The molecule has 0 radical (unpaired) electrons. The number of hydrogen-bond acceptors (Lipinski definition) is 2. The molecule has 0 atom stereocenters. The maximum absolute atomic E-state index is 12.8. The number of amides is 2. The van der Waals surface area contributed by atoms with Crippen molar-refractivity contribution in [2.75, 3.05) is 7.05 Å². The van der Waals surface area contributed by atoms with Crippen LogP contribution in [-0.2, 0) is 9.59 Å². The molecule has 0 saturated carbocycles. The lowest BCUT2D eigenvalue weighted by atomic mass is 10.2. The molecule has 2 amide bonds. The Kier molecular flexibility index (Phi) is 2.08. The molecule has 1 rings (SSSR count). The first-order chi connectivity index (χ1) is 5.57. The van der Waals surface area contributed by atoms with E-state index >= 15 is 0 Å². The molecule has 0 aliphatic carbocycles. The predicted octanol–water partition coefficient (Wildman–Crippen LogP) is 0.785. The third kappa shape index (κ3) is 1.15. The van der Waals surface area contributed by atoms with E-state index in [1.54, 1.807) is 0 Å². The maximum atomic E-state index is 12.8. The van der Waals surface area contributed by atoms with Gasteiger partial charge in [-0.05, 0) is 6.92 Å². The van der Waals surface area contributed by atoms with E-state index in [1.807, 2.05) is 0 Å². The molecule has 1 aliphatic rings. The number of carbonyl (C=O) groups is 2. The van der Waals surface area contributed by atoms with Gasteiger partial charge in [0.15, 0.2) is 0 Å². The van der Waals surface area contributed by atoms with Crippen LogP contribution in [0.4, 0.5) is 4.39 Å². The molecule has 0 aromatic heterocycles. The Morgan fingerprint density at radius 1 is 1.58 bits per heavy atom. The molecule has 0 fully saturated rings. The number of hydrogen-bond donors (Lipinski definition) is 0. The Morgan fingerprint density at radius 3 is 2.50 bits per heavy atom. The van der Waals surface area contributed by atoms with Crippen LogP contribution in [0.2, 0.25) is 0 Å². The van der Waals surface area contributed by atoms with Crippen molar-refractivity contribution in [3.05, 3.63) is 23.6 Å². The summed E-state index contributed by atoms with van der Waals surface area (Å²) in [4.78, 5) is 22.8. The number of imide groups is 1. The zero-order valence-corrected chi connectivity index (χ0v) is 6.80. The smallest absolute Gasteiger partial charge is 0.263 e.